The van der Waals surface area contributed by atoms with Gasteiger partial charge in [-0.2, -0.15) is 0 Å². The van der Waals surface area contributed by atoms with Gasteiger partial charge in [-0.15, -0.1) is 0 Å². The van der Waals surface area contributed by atoms with Crippen molar-refractivity contribution in [3.8, 4) is 11.5 Å². The van der Waals surface area contributed by atoms with Crippen LogP contribution in [0.5, 0.6) is 11.5 Å². The zero-order valence-electron chi connectivity index (χ0n) is 10.5. The van der Waals surface area contributed by atoms with Crippen molar-refractivity contribution in [1.82, 2.24) is 5.32 Å². The number of ether oxygens (including phenoxy) is 2. The van der Waals surface area contributed by atoms with Crippen LogP contribution in [0.3, 0.4) is 0 Å². The maximum atomic E-state index is 11.9. The Morgan fingerprint density at radius 1 is 1.39 bits per heavy atom. The first-order chi connectivity index (χ1) is 8.63. The summed E-state index contributed by atoms with van der Waals surface area (Å²) in [5.41, 5.74) is 0.425. The van der Waals surface area contributed by atoms with Crippen LogP contribution in [-0.4, -0.2) is 37.4 Å². The fourth-order valence-electron chi connectivity index (χ4n) is 1.98. The first-order valence-corrected chi connectivity index (χ1v) is 5.84. The smallest absolute Gasteiger partial charge is 0.251 e. The van der Waals surface area contributed by atoms with E-state index in [0.29, 0.717) is 11.3 Å². The average Bonchev–Trinajstić information content (AvgIpc) is 2.32. The highest BCUT2D eigenvalue weighted by Crippen LogP contribution is 2.27. The van der Waals surface area contributed by atoms with E-state index in [-0.39, 0.29) is 23.8 Å². The molecule has 0 spiro atoms. The van der Waals surface area contributed by atoms with Crippen LogP contribution in [0.15, 0.2) is 18.2 Å². The number of phenols is 1. The molecule has 0 atom stereocenters. The van der Waals surface area contributed by atoms with Gasteiger partial charge in [0.1, 0.15) is 0 Å². The molecular weight excluding hydrogens is 234 g/mol. The van der Waals surface area contributed by atoms with E-state index in [9.17, 15) is 9.90 Å². The van der Waals surface area contributed by atoms with E-state index in [1.807, 2.05) is 0 Å². The van der Waals surface area contributed by atoms with Crippen molar-refractivity contribution >= 4 is 5.91 Å². The van der Waals surface area contributed by atoms with Crippen LogP contribution in [0, 0.1) is 0 Å². The zero-order chi connectivity index (χ0) is 13.1. The number of carbonyl (C=O) groups is 1. The second-order valence-corrected chi connectivity index (χ2v) is 4.39. The molecule has 2 rings (SSSR count). The molecule has 2 N–H and O–H groups in total. The molecule has 1 amide bonds. The van der Waals surface area contributed by atoms with E-state index in [0.717, 1.165) is 12.8 Å². The minimum Gasteiger partial charge on any atom is -0.504 e. The molecule has 1 fully saturated rings. The number of benzene rings is 1. The van der Waals surface area contributed by atoms with Crippen LogP contribution < -0.4 is 10.1 Å². The van der Waals surface area contributed by atoms with Gasteiger partial charge in [0, 0.05) is 18.7 Å². The number of phenolic OH excluding ortho intramolecular Hbond substituents is 1. The summed E-state index contributed by atoms with van der Waals surface area (Å²) in [6, 6.07) is 4.76. The summed E-state index contributed by atoms with van der Waals surface area (Å²) in [4.78, 5) is 11.9. The third-order valence-electron chi connectivity index (χ3n) is 3.20. The Balaban J connectivity index is 1.95. The summed E-state index contributed by atoms with van der Waals surface area (Å²) in [5.74, 6) is 0.135. The maximum Gasteiger partial charge on any atom is 0.251 e. The third kappa shape index (κ3) is 2.56. The minimum absolute atomic E-state index is 0.0338. The second-order valence-electron chi connectivity index (χ2n) is 4.39. The van der Waals surface area contributed by atoms with Crippen molar-refractivity contribution in [1.29, 1.82) is 0 Å². The number of nitrogens with one attached hydrogen (secondary N) is 1. The maximum absolute atomic E-state index is 11.9. The molecule has 1 aromatic rings. The molecule has 18 heavy (non-hydrogen) atoms. The number of hydrogen-bond donors (Lipinski definition) is 2. The molecule has 5 heteroatoms. The van der Waals surface area contributed by atoms with Crippen LogP contribution in [0.2, 0.25) is 0 Å². The van der Waals surface area contributed by atoms with Crippen LogP contribution in [0.25, 0.3) is 0 Å². The summed E-state index contributed by atoms with van der Waals surface area (Å²) in [5, 5.41) is 12.5. The molecule has 1 aromatic carbocycles. The van der Waals surface area contributed by atoms with Crippen molar-refractivity contribution in [3.63, 3.8) is 0 Å². The number of amides is 1. The second kappa shape index (κ2) is 5.27. The van der Waals surface area contributed by atoms with Crippen molar-refractivity contribution < 1.29 is 19.4 Å². The first kappa shape index (κ1) is 12.7. The predicted octanol–water partition coefficient (Wildman–Crippen LogP) is 1.31. The van der Waals surface area contributed by atoms with Crippen LogP contribution in [0.1, 0.15) is 23.2 Å². The van der Waals surface area contributed by atoms with Crippen molar-refractivity contribution in [2.45, 2.75) is 25.0 Å². The van der Waals surface area contributed by atoms with Crippen molar-refractivity contribution in [2.75, 3.05) is 14.2 Å². The van der Waals surface area contributed by atoms with E-state index in [2.05, 4.69) is 5.32 Å². The Bertz CT molecular complexity index is 441. The minimum atomic E-state index is -0.187. The molecule has 0 radical (unpaired) electrons. The van der Waals surface area contributed by atoms with Gasteiger partial charge in [-0.1, -0.05) is 0 Å². The molecule has 0 bridgehead atoms. The molecule has 1 saturated carbocycles. The molecule has 5 nitrogen and oxygen atoms in total. The highest BCUT2D eigenvalue weighted by atomic mass is 16.5. The van der Waals surface area contributed by atoms with Crippen LogP contribution >= 0.6 is 0 Å². The number of methoxy groups -OCH3 is 2. The normalized spacial score (nSPS) is 22.1. The predicted molar refractivity (Wildman–Crippen MR) is 65.9 cm³/mol. The van der Waals surface area contributed by atoms with E-state index in [1.54, 1.807) is 19.2 Å². The summed E-state index contributed by atoms with van der Waals surface area (Å²) in [7, 11) is 3.14. The van der Waals surface area contributed by atoms with E-state index in [1.165, 1.54) is 13.2 Å². The van der Waals surface area contributed by atoms with Gasteiger partial charge < -0.3 is 19.9 Å². The SMILES string of the molecule is COc1ccc(C(=O)NC2CC(OC)C2)cc1O. The number of hydrogen-bond acceptors (Lipinski definition) is 4. The molecule has 1 aliphatic carbocycles. The zero-order valence-corrected chi connectivity index (χ0v) is 10.5. The number of carbonyl (C=O) groups excluding carboxylic acids is 1. The molecule has 0 aromatic heterocycles. The molecule has 0 unspecified atom stereocenters. The lowest BCUT2D eigenvalue weighted by molar-refractivity contribution is 0.0176. The lowest BCUT2D eigenvalue weighted by Gasteiger charge is -2.34. The number of rotatable bonds is 4. The standard InChI is InChI=1S/C13H17NO4/c1-17-10-6-9(7-10)14-13(16)8-3-4-12(18-2)11(15)5-8/h3-5,9-10,15H,6-7H2,1-2H3,(H,14,16). The molecule has 0 heterocycles. The van der Waals surface area contributed by atoms with Crippen LogP contribution in [0.4, 0.5) is 0 Å². The molecule has 98 valence electrons. The Morgan fingerprint density at radius 2 is 2.11 bits per heavy atom. The fraction of sp³-hybridized carbons (Fsp3) is 0.462. The molecular formula is C13H17NO4. The molecule has 0 aliphatic heterocycles. The summed E-state index contributed by atoms with van der Waals surface area (Å²) < 4.78 is 10.1. The summed E-state index contributed by atoms with van der Waals surface area (Å²) >= 11 is 0. The third-order valence-corrected chi connectivity index (χ3v) is 3.20. The van der Waals surface area contributed by atoms with Gasteiger partial charge in [0.25, 0.3) is 5.91 Å². The van der Waals surface area contributed by atoms with Gasteiger partial charge in [0.2, 0.25) is 0 Å². The van der Waals surface area contributed by atoms with Crippen molar-refractivity contribution in [3.05, 3.63) is 23.8 Å². The van der Waals surface area contributed by atoms with Crippen LogP contribution in [-0.2, 0) is 4.74 Å². The lowest BCUT2D eigenvalue weighted by Crippen LogP contribution is -2.47. The van der Waals surface area contributed by atoms with E-state index >= 15 is 0 Å². The number of aromatic hydroxyl groups is 1. The van der Waals surface area contributed by atoms with Gasteiger partial charge in [0.05, 0.1) is 13.2 Å². The highest BCUT2D eigenvalue weighted by Gasteiger charge is 2.30. The Labute approximate surface area is 106 Å². The molecule has 0 saturated heterocycles. The van der Waals surface area contributed by atoms with E-state index in [4.69, 9.17) is 9.47 Å². The summed E-state index contributed by atoms with van der Waals surface area (Å²) in [6.07, 6.45) is 1.92. The largest absolute Gasteiger partial charge is 0.504 e. The monoisotopic (exact) mass is 251 g/mol. The van der Waals surface area contributed by atoms with Gasteiger partial charge in [0.15, 0.2) is 11.5 Å². The summed E-state index contributed by atoms with van der Waals surface area (Å²) in [6.45, 7) is 0. The van der Waals surface area contributed by atoms with Gasteiger partial charge in [-0.3, -0.25) is 4.79 Å². The van der Waals surface area contributed by atoms with Crippen molar-refractivity contribution in [2.24, 2.45) is 0 Å². The van der Waals surface area contributed by atoms with Gasteiger partial charge in [-0.05, 0) is 31.0 Å². The first-order valence-electron chi connectivity index (χ1n) is 5.84. The van der Waals surface area contributed by atoms with Gasteiger partial charge >= 0.3 is 0 Å². The Hall–Kier alpha value is -1.75. The Morgan fingerprint density at radius 3 is 2.67 bits per heavy atom. The Kier molecular flexibility index (Phi) is 3.72. The lowest BCUT2D eigenvalue weighted by atomic mass is 9.89. The highest BCUT2D eigenvalue weighted by molar-refractivity contribution is 5.95. The molecule has 1 aliphatic rings. The van der Waals surface area contributed by atoms with Gasteiger partial charge in [-0.25, -0.2) is 0 Å². The quantitative estimate of drug-likeness (QED) is 0.846. The topological polar surface area (TPSA) is 67.8 Å². The average molecular weight is 251 g/mol. The van der Waals surface area contributed by atoms with E-state index < -0.39 is 0 Å². The fourth-order valence-corrected chi connectivity index (χ4v) is 1.98.